The predicted octanol–water partition coefficient (Wildman–Crippen LogP) is 1.83. The minimum Gasteiger partial charge on any atom is -0.387 e. The van der Waals surface area contributed by atoms with Crippen LogP contribution in [0.3, 0.4) is 0 Å². The Bertz CT molecular complexity index is 328. The van der Waals surface area contributed by atoms with Crippen molar-refractivity contribution in [1.29, 1.82) is 0 Å². The summed E-state index contributed by atoms with van der Waals surface area (Å²) in [5.74, 6) is 0. The fourth-order valence-corrected chi connectivity index (χ4v) is 2.52. The minimum absolute atomic E-state index is 0.395. The first-order valence-electron chi connectivity index (χ1n) is 6.27. The van der Waals surface area contributed by atoms with E-state index in [4.69, 9.17) is 4.74 Å². The van der Waals surface area contributed by atoms with Crippen LogP contribution in [0, 0.1) is 0 Å². The van der Waals surface area contributed by atoms with Crippen molar-refractivity contribution < 1.29 is 9.84 Å². The highest BCUT2D eigenvalue weighted by Crippen LogP contribution is 2.21. The molecule has 2 atom stereocenters. The van der Waals surface area contributed by atoms with E-state index < -0.39 is 6.10 Å². The van der Waals surface area contributed by atoms with Gasteiger partial charge in [-0.15, -0.1) is 0 Å². The van der Waals surface area contributed by atoms with Crippen LogP contribution in [0.5, 0.6) is 0 Å². The van der Waals surface area contributed by atoms with E-state index >= 15 is 0 Å². The van der Waals surface area contributed by atoms with Crippen molar-refractivity contribution in [2.45, 2.75) is 25.0 Å². The second-order valence-electron chi connectivity index (χ2n) is 4.67. The standard InChI is InChI=1S/C14H21NO2/c1-17-11-13-8-5-9-15(13)10-14(16)12-6-3-2-4-7-12/h2-4,6-7,13-14,16H,5,8-11H2,1H3. The third-order valence-corrected chi connectivity index (χ3v) is 3.45. The van der Waals surface area contributed by atoms with Crippen LogP contribution >= 0.6 is 0 Å². The summed E-state index contributed by atoms with van der Waals surface area (Å²) in [5.41, 5.74) is 0.996. The van der Waals surface area contributed by atoms with Crippen molar-refractivity contribution in [3.8, 4) is 0 Å². The monoisotopic (exact) mass is 235 g/mol. The number of likely N-dealkylation sites (tertiary alicyclic amines) is 1. The summed E-state index contributed by atoms with van der Waals surface area (Å²) in [7, 11) is 1.74. The Morgan fingerprint density at radius 3 is 2.88 bits per heavy atom. The van der Waals surface area contributed by atoms with Gasteiger partial charge in [0.1, 0.15) is 0 Å². The predicted molar refractivity (Wildman–Crippen MR) is 67.9 cm³/mol. The van der Waals surface area contributed by atoms with Crippen molar-refractivity contribution in [1.82, 2.24) is 4.90 Å². The maximum atomic E-state index is 10.2. The average Bonchev–Trinajstić information content (AvgIpc) is 2.78. The molecule has 3 nitrogen and oxygen atoms in total. The third kappa shape index (κ3) is 3.28. The molecule has 1 aliphatic rings. The quantitative estimate of drug-likeness (QED) is 0.845. The molecule has 1 N–H and O–H groups in total. The van der Waals surface area contributed by atoms with Gasteiger partial charge in [-0.2, -0.15) is 0 Å². The molecular weight excluding hydrogens is 214 g/mol. The molecule has 0 amide bonds. The molecule has 1 aromatic carbocycles. The molecule has 0 saturated carbocycles. The highest BCUT2D eigenvalue weighted by atomic mass is 16.5. The molecule has 1 aliphatic heterocycles. The van der Waals surface area contributed by atoms with Gasteiger partial charge in [0.25, 0.3) is 0 Å². The Morgan fingerprint density at radius 2 is 2.18 bits per heavy atom. The van der Waals surface area contributed by atoms with E-state index in [1.165, 1.54) is 12.8 Å². The highest BCUT2D eigenvalue weighted by Gasteiger charge is 2.26. The van der Waals surface area contributed by atoms with Crippen molar-refractivity contribution >= 4 is 0 Å². The van der Waals surface area contributed by atoms with Gasteiger partial charge in [-0.1, -0.05) is 30.3 Å². The number of benzene rings is 1. The number of aliphatic hydroxyl groups is 1. The summed E-state index contributed by atoms with van der Waals surface area (Å²) in [6.07, 6.45) is 1.99. The second kappa shape index (κ2) is 6.15. The van der Waals surface area contributed by atoms with Gasteiger partial charge < -0.3 is 9.84 Å². The van der Waals surface area contributed by atoms with Crippen LogP contribution in [0.15, 0.2) is 30.3 Å². The summed E-state index contributed by atoms with van der Waals surface area (Å²) in [5, 5.41) is 10.2. The van der Waals surface area contributed by atoms with E-state index in [9.17, 15) is 5.11 Å². The molecule has 0 bridgehead atoms. The van der Waals surface area contributed by atoms with E-state index in [1.807, 2.05) is 30.3 Å². The number of methoxy groups -OCH3 is 1. The van der Waals surface area contributed by atoms with Crippen molar-refractivity contribution in [3.05, 3.63) is 35.9 Å². The van der Waals surface area contributed by atoms with E-state index in [0.717, 1.165) is 18.7 Å². The Hall–Kier alpha value is -0.900. The van der Waals surface area contributed by atoms with Crippen LogP contribution in [0.25, 0.3) is 0 Å². The lowest BCUT2D eigenvalue weighted by molar-refractivity contribution is 0.0703. The fourth-order valence-electron chi connectivity index (χ4n) is 2.52. The molecule has 0 aliphatic carbocycles. The Kier molecular flexibility index (Phi) is 4.54. The SMILES string of the molecule is COCC1CCCN1CC(O)c1ccccc1. The normalized spacial score (nSPS) is 22.8. The van der Waals surface area contributed by atoms with E-state index in [0.29, 0.717) is 12.6 Å². The smallest absolute Gasteiger partial charge is 0.0917 e. The number of nitrogens with zero attached hydrogens (tertiary/aromatic N) is 1. The van der Waals surface area contributed by atoms with E-state index in [1.54, 1.807) is 7.11 Å². The van der Waals surface area contributed by atoms with Crippen LogP contribution in [0.4, 0.5) is 0 Å². The van der Waals surface area contributed by atoms with Crippen molar-refractivity contribution in [2.24, 2.45) is 0 Å². The summed E-state index contributed by atoms with van der Waals surface area (Å²) < 4.78 is 5.22. The highest BCUT2D eigenvalue weighted by molar-refractivity contribution is 5.17. The zero-order valence-electron chi connectivity index (χ0n) is 10.4. The van der Waals surface area contributed by atoms with E-state index in [-0.39, 0.29) is 0 Å². The first-order valence-corrected chi connectivity index (χ1v) is 6.27. The lowest BCUT2D eigenvalue weighted by atomic mass is 10.1. The van der Waals surface area contributed by atoms with Gasteiger partial charge >= 0.3 is 0 Å². The zero-order chi connectivity index (χ0) is 12.1. The van der Waals surface area contributed by atoms with E-state index in [2.05, 4.69) is 4.90 Å². The van der Waals surface area contributed by atoms with Gasteiger partial charge in [0.05, 0.1) is 12.7 Å². The van der Waals surface area contributed by atoms with Crippen LogP contribution < -0.4 is 0 Å². The van der Waals surface area contributed by atoms with Crippen LogP contribution in [0.2, 0.25) is 0 Å². The van der Waals surface area contributed by atoms with Crippen molar-refractivity contribution in [2.75, 3.05) is 26.8 Å². The lowest BCUT2D eigenvalue weighted by Crippen LogP contribution is -2.36. The molecular formula is C14H21NO2. The molecule has 0 radical (unpaired) electrons. The first kappa shape index (κ1) is 12.6. The van der Waals surface area contributed by atoms with Gasteiger partial charge in [0.15, 0.2) is 0 Å². The molecule has 1 saturated heterocycles. The minimum atomic E-state index is -0.395. The number of rotatable bonds is 5. The Morgan fingerprint density at radius 1 is 1.41 bits per heavy atom. The summed E-state index contributed by atoms with van der Waals surface area (Å²) in [6, 6.07) is 10.3. The fraction of sp³-hybridized carbons (Fsp3) is 0.571. The topological polar surface area (TPSA) is 32.7 Å². The number of β-amino-alcohol motifs (C(OH)–C–C–N with tert-alkyl or cyclic N) is 1. The Labute approximate surface area is 103 Å². The zero-order valence-corrected chi connectivity index (χ0v) is 10.4. The molecule has 2 rings (SSSR count). The van der Waals surface area contributed by atoms with Crippen molar-refractivity contribution in [3.63, 3.8) is 0 Å². The third-order valence-electron chi connectivity index (χ3n) is 3.45. The maximum absolute atomic E-state index is 10.2. The molecule has 1 aromatic rings. The molecule has 1 heterocycles. The van der Waals surface area contributed by atoms with Gasteiger partial charge in [-0.3, -0.25) is 4.90 Å². The lowest BCUT2D eigenvalue weighted by Gasteiger charge is -2.26. The molecule has 2 unspecified atom stereocenters. The van der Waals surface area contributed by atoms with Crippen LogP contribution in [0.1, 0.15) is 24.5 Å². The molecule has 3 heteroatoms. The number of hydrogen-bond acceptors (Lipinski definition) is 3. The number of hydrogen-bond donors (Lipinski definition) is 1. The maximum Gasteiger partial charge on any atom is 0.0917 e. The van der Waals surface area contributed by atoms with Crippen LogP contribution in [-0.2, 0) is 4.74 Å². The largest absolute Gasteiger partial charge is 0.387 e. The summed E-state index contributed by atoms with van der Waals surface area (Å²) >= 11 is 0. The average molecular weight is 235 g/mol. The van der Waals surface area contributed by atoms with Gasteiger partial charge in [-0.25, -0.2) is 0 Å². The second-order valence-corrected chi connectivity index (χ2v) is 4.67. The molecule has 0 spiro atoms. The Balaban J connectivity index is 1.92. The number of ether oxygens (including phenoxy) is 1. The molecule has 0 aromatic heterocycles. The van der Waals surface area contributed by atoms with Gasteiger partial charge in [-0.05, 0) is 24.9 Å². The molecule has 1 fully saturated rings. The molecule has 17 heavy (non-hydrogen) atoms. The summed E-state index contributed by atoms with van der Waals surface area (Å²) in [4.78, 5) is 2.33. The first-order chi connectivity index (χ1) is 8.31. The van der Waals surface area contributed by atoms with Crippen LogP contribution in [-0.4, -0.2) is 42.9 Å². The van der Waals surface area contributed by atoms with Gasteiger partial charge in [0, 0.05) is 19.7 Å². The summed E-state index contributed by atoms with van der Waals surface area (Å²) in [6.45, 7) is 2.54. The molecule has 94 valence electrons. The number of aliphatic hydroxyl groups excluding tert-OH is 1. The van der Waals surface area contributed by atoms with Gasteiger partial charge in [0.2, 0.25) is 0 Å².